The van der Waals surface area contributed by atoms with E-state index >= 15 is 0 Å². The lowest BCUT2D eigenvalue weighted by atomic mass is 9.83. The van der Waals surface area contributed by atoms with Crippen LogP contribution < -0.4 is 5.32 Å². The van der Waals surface area contributed by atoms with Gasteiger partial charge in [0.15, 0.2) is 0 Å². The maximum atomic E-state index is 5.41. The van der Waals surface area contributed by atoms with Gasteiger partial charge in [0.2, 0.25) is 0 Å². The molecule has 0 radical (unpaired) electrons. The molecule has 86 valence electrons. The predicted octanol–water partition coefficient (Wildman–Crippen LogP) is 2.22. The standard InChI is InChI=1S/C15H16N2/c1-2-11-7-14(10-16-9-11)13-4-3-12-5-6-17-15(12)8-13/h1,4,7,9-10,12,15,17H,3,5-6,8H2/t12-,15-/m1/s1. The van der Waals surface area contributed by atoms with Crippen LogP contribution in [0.2, 0.25) is 0 Å². The van der Waals surface area contributed by atoms with Crippen molar-refractivity contribution in [1.29, 1.82) is 0 Å². The van der Waals surface area contributed by atoms with Crippen molar-refractivity contribution >= 4 is 5.57 Å². The first-order chi connectivity index (χ1) is 8.36. The van der Waals surface area contributed by atoms with Gasteiger partial charge in [-0.2, -0.15) is 0 Å². The Hall–Kier alpha value is -1.59. The summed E-state index contributed by atoms with van der Waals surface area (Å²) in [6.45, 7) is 1.17. The number of allylic oxidation sites excluding steroid dienone is 1. The van der Waals surface area contributed by atoms with Gasteiger partial charge in [-0.15, -0.1) is 6.42 Å². The molecular weight excluding hydrogens is 208 g/mol. The maximum Gasteiger partial charge on any atom is 0.0432 e. The van der Waals surface area contributed by atoms with Crippen LogP contribution in [0.3, 0.4) is 0 Å². The summed E-state index contributed by atoms with van der Waals surface area (Å²) < 4.78 is 0. The number of hydrogen-bond acceptors (Lipinski definition) is 2. The highest BCUT2D eigenvalue weighted by Gasteiger charge is 2.29. The molecule has 1 aliphatic carbocycles. The molecule has 0 saturated carbocycles. The van der Waals surface area contributed by atoms with Crippen molar-refractivity contribution in [1.82, 2.24) is 10.3 Å². The normalized spacial score (nSPS) is 27.1. The molecular formula is C15H16N2. The van der Waals surface area contributed by atoms with Crippen molar-refractivity contribution in [3.8, 4) is 12.3 Å². The second kappa shape index (κ2) is 4.35. The van der Waals surface area contributed by atoms with Gasteiger partial charge in [-0.05, 0) is 48.9 Å². The van der Waals surface area contributed by atoms with E-state index in [1.54, 1.807) is 6.20 Å². The van der Waals surface area contributed by atoms with Crippen LogP contribution >= 0.6 is 0 Å². The quantitative estimate of drug-likeness (QED) is 0.740. The first kappa shape index (κ1) is 10.6. The summed E-state index contributed by atoms with van der Waals surface area (Å²) in [7, 11) is 0. The monoisotopic (exact) mass is 224 g/mol. The summed E-state index contributed by atoms with van der Waals surface area (Å²) in [5.74, 6) is 3.48. The van der Waals surface area contributed by atoms with Crippen molar-refractivity contribution < 1.29 is 0 Å². The summed E-state index contributed by atoms with van der Waals surface area (Å²) in [6, 6.07) is 2.72. The molecule has 2 atom stereocenters. The Morgan fingerprint density at radius 3 is 3.24 bits per heavy atom. The Bertz CT molecular complexity index is 496. The zero-order valence-electron chi connectivity index (χ0n) is 9.82. The molecule has 17 heavy (non-hydrogen) atoms. The van der Waals surface area contributed by atoms with E-state index in [0.717, 1.165) is 17.9 Å². The van der Waals surface area contributed by atoms with Gasteiger partial charge < -0.3 is 5.32 Å². The summed E-state index contributed by atoms with van der Waals surface area (Å²) >= 11 is 0. The third-order valence-corrected chi connectivity index (χ3v) is 3.87. The molecule has 3 rings (SSSR count). The van der Waals surface area contributed by atoms with Crippen LogP contribution in [0.25, 0.3) is 5.57 Å². The summed E-state index contributed by atoms with van der Waals surface area (Å²) in [4.78, 5) is 4.21. The van der Waals surface area contributed by atoms with E-state index in [2.05, 4.69) is 28.4 Å². The van der Waals surface area contributed by atoms with Crippen LogP contribution in [-0.4, -0.2) is 17.6 Å². The minimum atomic E-state index is 0.657. The Balaban J connectivity index is 1.87. The van der Waals surface area contributed by atoms with Crippen LogP contribution in [0, 0.1) is 18.3 Å². The van der Waals surface area contributed by atoms with E-state index in [1.807, 2.05) is 6.20 Å². The SMILES string of the molecule is C#Cc1cncc(C2=CC[C@@H]3CCN[C@@H]3C2)c1. The summed E-state index contributed by atoms with van der Waals surface area (Å²) in [5, 5.41) is 3.59. The molecule has 2 heterocycles. The Morgan fingerprint density at radius 1 is 1.41 bits per heavy atom. The molecule has 0 bridgehead atoms. The van der Waals surface area contributed by atoms with Crippen molar-refractivity contribution in [3.05, 3.63) is 35.7 Å². The lowest BCUT2D eigenvalue weighted by molar-refractivity contribution is 0.445. The minimum Gasteiger partial charge on any atom is -0.313 e. The van der Waals surface area contributed by atoms with E-state index in [-0.39, 0.29) is 0 Å². The van der Waals surface area contributed by atoms with Crippen LogP contribution in [0.1, 0.15) is 30.4 Å². The van der Waals surface area contributed by atoms with E-state index < -0.39 is 0 Å². The second-order valence-corrected chi connectivity index (χ2v) is 4.89. The van der Waals surface area contributed by atoms with Gasteiger partial charge in [-0.3, -0.25) is 4.98 Å². The van der Waals surface area contributed by atoms with Gasteiger partial charge >= 0.3 is 0 Å². The van der Waals surface area contributed by atoms with Crippen molar-refractivity contribution in [2.75, 3.05) is 6.54 Å². The fourth-order valence-electron chi connectivity index (χ4n) is 2.89. The van der Waals surface area contributed by atoms with E-state index in [0.29, 0.717) is 6.04 Å². The van der Waals surface area contributed by atoms with Crippen LogP contribution in [0.4, 0.5) is 0 Å². The first-order valence-electron chi connectivity index (χ1n) is 6.21. The van der Waals surface area contributed by atoms with Gasteiger partial charge in [0, 0.05) is 24.0 Å². The number of aromatic nitrogens is 1. The molecule has 1 N–H and O–H groups in total. The van der Waals surface area contributed by atoms with Crippen LogP contribution in [0.15, 0.2) is 24.5 Å². The highest BCUT2D eigenvalue weighted by atomic mass is 15.0. The molecule has 0 amide bonds. The van der Waals surface area contributed by atoms with Gasteiger partial charge in [-0.1, -0.05) is 12.0 Å². The highest BCUT2D eigenvalue weighted by Crippen LogP contribution is 2.34. The number of nitrogens with zero attached hydrogens (tertiary/aromatic N) is 1. The molecule has 2 nitrogen and oxygen atoms in total. The van der Waals surface area contributed by atoms with Gasteiger partial charge in [0.25, 0.3) is 0 Å². The Morgan fingerprint density at radius 2 is 2.35 bits per heavy atom. The molecule has 2 aliphatic rings. The zero-order valence-corrected chi connectivity index (χ0v) is 9.82. The molecule has 1 aliphatic heterocycles. The average Bonchev–Trinajstić information content (AvgIpc) is 2.86. The number of fused-ring (bicyclic) bond motifs is 1. The third kappa shape index (κ3) is 1.99. The minimum absolute atomic E-state index is 0.657. The molecule has 0 aromatic carbocycles. The maximum absolute atomic E-state index is 5.41. The topological polar surface area (TPSA) is 24.9 Å². The largest absolute Gasteiger partial charge is 0.313 e. The van der Waals surface area contributed by atoms with Crippen molar-refractivity contribution in [3.63, 3.8) is 0 Å². The molecule has 1 aromatic rings. The number of terminal acetylenes is 1. The number of pyridine rings is 1. The summed E-state index contributed by atoms with van der Waals surface area (Å²) in [6.07, 6.45) is 15.1. The zero-order chi connectivity index (χ0) is 11.7. The molecule has 2 heteroatoms. The van der Waals surface area contributed by atoms with Gasteiger partial charge in [-0.25, -0.2) is 0 Å². The van der Waals surface area contributed by atoms with Gasteiger partial charge in [0.1, 0.15) is 0 Å². The molecule has 0 unspecified atom stereocenters. The fourth-order valence-corrected chi connectivity index (χ4v) is 2.89. The molecule has 1 fully saturated rings. The van der Waals surface area contributed by atoms with Crippen molar-refractivity contribution in [2.24, 2.45) is 5.92 Å². The van der Waals surface area contributed by atoms with Crippen LogP contribution in [-0.2, 0) is 0 Å². The summed E-state index contributed by atoms with van der Waals surface area (Å²) in [5.41, 5.74) is 3.45. The Labute approximate surface area is 102 Å². The second-order valence-electron chi connectivity index (χ2n) is 4.89. The molecule has 0 spiro atoms. The predicted molar refractivity (Wildman–Crippen MR) is 69.3 cm³/mol. The van der Waals surface area contributed by atoms with E-state index in [4.69, 9.17) is 6.42 Å². The number of rotatable bonds is 1. The number of nitrogens with one attached hydrogen (secondary N) is 1. The Kier molecular flexibility index (Phi) is 2.70. The average molecular weight is 224 g/mol. The smallest absolute Gasteiger partial charge is 0.0432 e. The lowest BCUT2D eigenvalue weighted by Gasteiger charge is -2.25. The van der Waals surface area contributed by atoms with Gasteiger partial charge in [0.05, 0.1) is 0 Å². The molecule has 1 aromatic heterocycles. The van der Waals surface area contributed by atoms with Crippen molar-refractivity contribution in [2.45, 2.75) is 25.3 Å². The first-order valence-corrected chi connectivity index (χ1v) is 6.21. The number of hydrogen-bond donors (Lipinski definition) is 1. The van der Waals surface area contributed by atoms with E-state index in [9.17, 15) is 0 Å². The molecule has 1 saturated heterocycles. The highest BCUT2D eigenvalue weighted by molar-refractivity contribution is 5.67. The fraction of sp³-hybridized carbons (Fsp3) is 0.400. The lowest BCUT2D eigenvalue weighted by Crippen LogP contribution is -2.29. The third-order valence-electron chi connectivity index (χ3n) is 3.87. The van der Waals surface area contributed by atoms with E-state index in [1.165, 1.54) is 30.5 Å². The van der Waals surface area contributed by atoms with Crippen LogP contribution in [0.5, 0.6) is 0 Å².